The van der Waals surface area contributed by atoms with E-state index in [0.29, 0.717) is 17.1 Å². The SMILES string of the molecule is CSCCC(NC(=O)C(CO)NC(=O)C(N)Cc1cnc[nH]1)C(=O)NC(Cc1cnc[nH]1)C(=O)O. The van der Waals surface area contributed by atoms with Crippen molar-refractivity contribution in [2.24, 2.45) is 5.73 Å². The lowest BCUT2D eigenvalue weighted by Gasteiger charge is -2.24. The van der Waals surface area contributed by atoms with Crippen molar-refractivity contribution >= 4 is 35.5 Å². The lowest BCUT2D eigenvalue weighted by Crippen LogP contribution is -2.58. The van der Waals surface area contributed by atoms with Gasteiger partial charge in [-0.05, 0) is 18.4 Å². The number of aliphatic carboxylic acids is 1. The van der Waals surface area contributed by atoms with E-state index in [1.165, 1.54) is 36.8 Å². The molecule has 4 atom stereocenters. The second-order valence-corrected chi connectivity index (χ2v) is 8.64. The van der Waals surface area contributed by atoms with E-state index in [4.69, 9.17) is 5.73 Å². The summed E-state index contributed by atoms with van der Waals surface area (Å²) in [6, 6.07) is -4.72. The molecule has 14 nitrogen and oxygen atoms in total. The molecule has 0 aliphatic heterocycles. The predicted octanol–water partition coefficient (Wildman–Crippen LogP) is -2.47. The van der Waals surface area contributed by atoms with Crippen molar-refractivity contribution in [1.29, 1.82) is 0 Å². The van der Waals surface area contributed by atoms with Crippen LogP contribution in [-0.4, -0.2) is 96.6 Å². The first-order chi connectivity index (χ1) is 16.7. The normalized spacial score (nSPS) is 14.4. The van der Waals surface area contributed by atoms with Gasteiger partial charge in [0.2, 0.25) is 17.7 Å². The van der Waals surface area contributed by atoms with Crippen molar-refractivity contribution < 1.29 is 29.4 Å². The van der Waals surface area contributed by atoms with Crippen LogP contribution in [0.3, 0.4) is 0 Å². The number of H-pyrrole nitrogens is 2. The molecular formula is C20H30N8O6S. The molecule has 2 aromatic heterocycles. The van der Waals surface area contributed by atoms with Crippen LogP contribution in [0.4, 0.5) is 0 Å². The number of amides is 3. The lowest BCUT2D eigenvalue weighted by atomic mass is 10.1. The van der Waals surface area contributed by atoms with Gasteiger partial charge in [-0.15, -0.1) is 0 Å². The number of carboxylic acid groups (broad SMARTS) is 1. The third-order valence-corrected chi connectivity index (χ3v) is 5.63. The Hall–Kier alpha value is -3.43. The van der Waals surface area contributed by atoms with E-state index in [0.717, 1.165) is 0 Å². The zero-order chi connectivity index (χ0) is 25.8. The Kier molecular flexibility index (Phi) is 11.2. The number of carboxylic acids is 1. The zero-order valence-corrected chi connectivity index (χ0v) is 19.9. The molecule has 35 heavy (non-hydrogen) atoms. The molecule has 0 aliphatic rings. The summed E-state index contributed by atoms with van der Waals surface area (Å²) in [5, 5.41) is 26.4. The van der Waals surface area contributed by atoms with Gasteiger partial charge in [-0.1, -0.05) is 0 Å². The molecule has 4 unspecified atom stereocenters. The molecule has 0 aromatic carbocycles. The quantitative estimate of drug-likeness (QED) is 0.126. The molecule has 2 aromatic rings. The highest BCUT2D eigenvalue weighted by molar-refractivity contribution is 7.98. The van der Waals surface area contributed by atoms with Crippen molar-refractivity contribution in [2.45, 2.75) is 43.4 Å². The van der Waals surface area contributed by atoms with Crippen LogP contribution < -0.4 is 21.7 Å². The van der Waals surface area contributed by atoms with Crippen molar-refractivity contribution in [1.82, 2.24) is 35.9 Å². The number of aromatic amines is 2. The number of aliphatic hydroxyl groups is 1. The number of carbonyl (C=O) groups is 4. The van der Waals surface area contributed by atoms with Crippen molar-refractivity contribution in [3.8, 4) is 0 Å². The predicted molar refractivity (Wildman–Crippen MR) is 126 cm³/mol. The average Bonchev–Trinajstić information content (AvgIpc) is 3.53. The summed E-state index contributed by atoms with van der Waals surface area (Å²) in [4.78, 5) is 62.9. The Morgan fingerprint density at radius 1 is 0.943 bits per heavy atom. The van der Waals surface area contributed by atoms with Crippen LogP contribution in [-0.2, 0) is 32.0 Å². The van der Waals surface area contributed by atoms with Gasteiger partial charge in [0, 0.05) is 36.6 Å². The van der Waals surface area contributed by atoms with Crippen LogP contribution in [0.5, 0.6) is 0 Å². The van der Waals surface area contributed by atoms with E-state index < -0.39 is 54.5 Å². The molecule has 192 valence electrons. The van der Waals surface area contributed by atoms with Gasteiger partial charge in [0.15, 0.2) is 0 Å². The number of rotatable bonds is 15. The molecule has 0 bridgehead atoms. The average molecular weight is 511 g/mol. The largest absolute Gasteiger partial charge is 0.480 e. The van der Waals surface area contributed by atoms with Gasteiger partial charge in [-0.3, -0.25) is 14.4 Å². The number of carbonyl (C=O) groups excluding carboxylic acids is 3. The van der Waals surface area contributed by atoms with E-state index in [1.807, 2.05) is 6.26 Å². The fraction of sp³-hybridized carbons (Fsp3) is 0.500. The van der Waals surface area contributed by atoms with Crippen LogP contribution in [0.15, 0.2) is 25.0 Å². The lowest BCUT2D eigenvalue weighted by molar-refractivity contribution is -0.142. The van der Waals surface area contributed by atoms with Crippen molar-refractivity contribution in [3.05, 3.63) is 36.4 Å². The summed E-state index contributed by atoms with van der Waals surface area (Å²) in [6.07, 6.45) is 7.89. The maximum Gasteiger partial charge on any atom is 0.326 e. The van der Waals surface area contributed by atoms with E-state index in [1.54, 1.807) is 0 Å². The summed E-state index contributed by atoms with van der Waals surface area (Å²) in [7, 11) is 0. The van der Waals surface area contributed by atoms with Crippen molar-refractivity contribution in [2.75, 3.05) is 18.6 Å². The first-order valence-corrected chi connectivity index (χ1v) is 12.1. The fourth-order valence-electron chi connectivity index (χ4n) is 3.06. The third kappa shape index (κ3) is 9.03. The topological polar surface area (TPSA) is 228 Å². The molecule has 0 saturated carbocycles. The monoisotopic (exact) mass is 510 g/mol. The summed E-state index contributed by atoms with van der Waals surface area (Å²) in [5.74, 6) is -2.96. The summed E-state index contributed by atoms with van der Waals surface area (Å²) in [5.41, 5.74) is 6.99. The Morgan fingerprint density at radius 2 is 1.49 bits per heavy atom. The molecule has 0 fully saturated rings. The number of nitrogens with one attached hydrogen (secondary N) is 5. The smallest absolute Gasteiger partial charge is 0.326 e. The minimum Gasteiger partial charge on any atom is -0.480 e. The van der Waals surface area contributed by atoms with Gasteiger partial charge in [0.25, 0.3) is 0 Å². The molecule has 3 amide bonds. The summed E-state index contributed by atoms with van der Waals surface area (Å²) in [6.45, 7) is -0.733. The Labute approximate surface area is 205 Å². The number of nitrogens with zero attached hydrogens (tertiary/aromatic N) is 2. The second-order valence-electron chi connectivity index (χ2n) is 7.65. The number of hydrogen-bond acceptors (Lipinski definition) is 9. The highest BCUT2D eigenvalue weighted by Crippen LogP contribution is 2.05. The minimum absolute atomic E-state index is 0.0339. The van der Waals surface area contributed by atoms with Gasteiger partial charge < -0.3 is 41.9 Å². The summed E-state index contributed by atoms with van der Waals surface area (Å²) >= 11 is 1.43. The number of imidazole rings is 2. The first kappa shape index (κ1) is 27.8. The fourth-order valence-corrected chi connectivity index (χ4v) is 3.54. The van der Waals surface area contributed by atoms with Gasteiger partial charge in [0.05, 0.1) is 25.3 Å². The van der Waals surface area contributed by atoms with Crippen LogP contribution in [0.25, 0.3) is 0 Å². The number of aliphatic hydroxyl groups excluding tert-OH is 1. The van der Waals surface area contributed by atoms with Gasteiger partial charge in [0.1, 0.15) is 18.1 Å². The van der Waals surface area contributed by atoms with E-state index in [9.17, 15) is 29.4 Å². The second kappa shape index (κ2) is 14.1. The Balaban J connectivity index is 2.00. The number of aromatic nitrogens is 4. The minimum atomic E-state index is -1.36. The molecule has 0 spiro atoms. The molecule has 2 rings (SSSR count). The number of thioether (sulfide) groups is 1. The van der Waals surface area contributed by atoms with E-state index in [-0.39, 0.29) is 19.3 Å². The molecule has 0 radical (unpaired) electrons. The Morgan fingerprint density at radius 3 is 2.00 bits per heavy atom. The maximum atomic E-state index is 12.8. The third-order valence-electron chi connectivity index (χ3n) is 4.98. The van der Waals surface area contributed by atoms with Crippen LogP contribution >= 0.6 is 11.8 Å². The Bertz CT molecular complexity index is 955. The molecule has 2 heterocycles. The first-order valence-electron chi connectivity index (χ1n) is 10.7. The van der Waals surface area contributed by atoms with E-state index >= 15 is 0 Å². The highest BCUT2D eigenvalue weighted by Gasteiger charge is 2.30. The van der Waals surface area contributed by atoms with Crippen LogP contribution in [0, 0.1) is 0 Å². The molecule has 9 N–H and O–H groups in total. The molecule has 0 aliphatic carbocycles. The standard InChI is InChI=1S/C20H30N8O6S/c1-35-3-2-14(18(31)27-15(20(33)34)5-12-7-23-10-25-12)26-19(32)16(8-29)28-17(30)13(21)4-11-6-22-9-24-11/h6-7,9-10,13-16,29H,2-5,8,21H2,1H3,(H,22,24)(H,23,25)(H,26,32)(H,27,31)(H,28,30)(H,33,34). The van der Waals surface area contributed by atoms with Crippen LogP contribution in [0.2, 0.25) is 0 Å². The van der Waals surface area contributed by atoms with Gasteiger partial charge in [-0.25, -0.2) is 14.8 Å². The zero-order valence-electron chi connectivity index (χ0n) is 19.1. The molecular weight excluding hydrogens is 480 g/mol. The van der Waals surface area contributed by atoms with Crippen molar-refractivity contribution in [3.63, 3.8) is 0 Å². The number of hydrogen-bond donors (Lipinski definition) is 8. The molecule has 15 heteroatoms. The van der Waals surface area contributed by atoms with Gasteiger partial charge in [-0.2, -0.15) is 11.8 Å². The maximum absolute atomic E-state index is 12.8. The van der Waals surface area contributed by atoms with Crippen LogP contribution in [0.1, 0.15) is 17.8 Å². The molecule has 0 saturated heterocycles. The van der Waals surface area contributed by atoms with E-state index in [2.05, 4.69) is 35.9 Å². The number of nitrogens with two attached hydrogens (primary N) is 1. The highest BCUT2D eigenvalue weighted by atomic mass is 32.2. The van der Waals surface area contributed by atoms with Gasteiger partial charge >= 0.3 is 5.97 Å². The summed E-state index contributed by atoms with van der Waals surface area (Å²) < 4.78 is 0.